The van der Waals surface area contributed by atoms with E-state index in [9.17, 15) is 24.0 Å². The van der Waals surface area contributed by atoms with Crippen molar-refractivity contribution < 1.29 is 28.7 Å². The van der Waals surface area contributed by atoms with E-state index in [0.29, 0.717) is 6.42 Å². The number of Topliss-reactive ketones (excluding diaryl/α,β-unsaturated/α-hetero) is 1. The number of carbonyl (C=O) groups excluding carboxylic acids is 5. The fourth-order valence-corrected chi connectivity index (χ4v) is 5.91. The number of ether oxygens (including phenoxy) is 1. The highest BCUT2D eigenvalue weighted by atomic mass is 33.1. The minimum absolute atomic E-state index is 0.0289. The summed E-state index contributed by atoms with van der Waals surface area (Å²) in [6.45, 7) is 8.82. The average molecular weight is 540 g/mol. The third-order valence-corrected chi connectivity index (χ3v) is 8.40. The van der Waals surface area contributed by atoms with Crippen molar-refractivity contribution in [3.63, 3.8) is 0 Å². The number of allylic oxidation sites excluding steroid dienone is 2. The van der Waals surface area contributed by atoms with Crippen molar-refractivity contribution in [2.24, 2.45) is 17.8 Å². The van der Waals surface area contributed by atoms with Crippen LogP contribution in [0.1, 0.15) is 53.9 Å². The molecule has 2 aliphatic heterocycles. The Hall–Kier alpha value is -2.27. The lowest BCUT2D eigenvalue weighted by Crippen LogP contribution is -2.53. The maximum absolute atomic E-state index is 13.2. The first-order chi connectivity index (χ1) is 17.0. The number of ketones is 1. The second kappa shape index (κ2) is 14.5. The van der Waals surface area contributed by atoms with Gasteiger partial charge in [-0.2, -0.15) is 0 Å². The van der Waals surface area contributed by atoms with Crippen LogP contribution in [0.15, 0.2) is 23.9 Å². The summed E-state index contributed by atoms with van der Waals surface area (Å²) in [5.41, 5.74) is -0.0289. The summed E-state index contributed by atoms with van der Waals surface area (Å²) in [5, 5.41) is 8.05. The van der Waals surface area contributed by atoms with Gasteiger partial charge in [0.05, 0.1) is 0 Å². The summed E-state index contributed by atoms with van der Waals surface area (Å²) in [6.07, 6.45) is 4.75. The molecule has 2 bridgehead atoms. The Morgan fingerprint density at radius 1 is 0.972 bits per heavy atom. The van der Waals surface area contributed by atoms with Gasteiger partial charge in [-0.1, -0.05) is 61.4 Å². The normalized spacial score (nSPS) is 29.9. The van der Waals surface area contributed by atoms with Crippen LogP contribution >= 0.6 is 21.6 Å². The Labute approximate surface area is 220 Å². The number of carbonyl (C=O) groups is 5. The largest absolute Gasteiger partial charge is 0.456 e. The number of amides is 3. The van der Waals surface area contributed by atoms with Crippen LogP contribution in [0.25, 0.3) is 0 Å². The molecule has 2 aliphatic rings. The summed E-state index contributed by atoms with van der Waals surface area (Å²) in [6, 6.07) is -1.90. The quantitative estimate of drug-likeness (QED) is 0.211. The van der Waals surface area contributed by atoms with Crippen molar-refractivity contribution in [2.45, 2.75) is 72.1 Å². The van der Waals surface area contributed by atoms with E-state index in [-0.39, 0.29) is 41.9 Å². The van der Waals surface area contributed by atoms with Gasteiger partial charge in [0.15, 0.2) is 0 Å². The lowest BCUT2D eigenvalue weighted by atomic mass is 9.88. The van der Waals surface area contributed by atoms with E-state index >= 15 is 0 Å². The molecular weight excluding hydrogens is 502 g/mol. The molecule has 3 N–H and O–H groups in total. The van der Waals surface area contributed by atoms with E-state index in [1.54, 1.807) is 37.6 Å². The molecule has 36 heavy (non-hydrogen) atoms. The second-order valence-electron chi connectivity index (χ2n) is 9.54. The van der Waals surface area contributed by atoms with Gasteiger partial charge in [-0.05, 0) is 31.3 Å². The van der Waals surface area contributed by atoms with E-state index in [0.717, 1.165) is 5.75 Å². The molecule has 4 atom stereocenters. The Kier molecular flexibility index (Phi) is 12.0. The van der Waals surface area contributed by atoms with Crippen LogP contribution in [-0.2, 0) is 28.7 Å². The molecule has 0 aromatic heterocycles. The van der Waals surface area contributed by atoms with Gasteiger partial charge in [0.1, 0.15) is 29.7 Å². The standard InChI is InChI=1S/C25H37N3O6S2/c1-6-19-23(31)28-21(15(4)5)25(33)34-17-9-7-8-10-35-36-13-20(24(32)26-19)27-22(30)18(14(2)3)12-16(29)11-17/h6-7,9,14-15,17-18,20-21H,8,10-13H2,1-5H3,(H,26,32)(H,27,30)(H,28,31)/b9-7+,19-6-/t17?,18-,20?,21+/m1/s1. The van der Waals surface area contributed by atoms with Gasteiger partial charge in [-0.25, -0.2) is 4.79 Å². The Morgan fingerprint density at radius 2 is 1.69 bits per heavy atom. The molecule has 1 fully saturated rings. The van der Waals surface area contributed by atoms with Gasteiger partial charge < -0.3 is 20.7 Å². The Bertz CT molecular complexity index is 902. The average Bonchev–Trinajstić information content (AvgIpc) is 2.81. The van der Waals surface area contributed by atoms with Gasteiger partial charge in [-0.3, -0.25) is 19.2 Å². The van der Waals surface area contributed by atoms with Crippen molar-refractivity contribution in [1.82, 2.24) is 16.0 Å². The van der Waals surface area contributed by atoms with Crippen molar-refractivity contribution >= 4 is 51.1 Å². The first-order valence-corrected chi connectivity index (χ1v) is 14.7. The lowest BCUT2D eigenvalue weighted by molar-refractivity contribution is -0.153. The minimum atomic E-state index is -0.982. The zero-order valence-corrected chi connectivity index (χ0v) is 23.1. The summed E-state index contributed by atoms with van der Waals surface area (Å²) in [5.74, 6) is -2.60. The maximum atomic E-state index is 13.2. The predicted molar refractivity (Wildman–Crippen MR) is 142 cm³/mol. The Balaban J connectivity index is 2.55. The zero-order chi connectivity index (χ0) is 26.8. The van der Waals surface area contributed by atoms with Crippen LogP contribution in [0, 0.1) is 17.8 Å². The molecule has 9 nitrogen and oxygen atoms in total. The van der Waals surface area contributed by atoms with E-state index < -0.39 is 47.8 Å². The molecule has 3 amide bonds. The SMILES string of the molecule is C/C=C1\NC(=O)C2CSSCC/C=C/C(CC(=O)C[C@H](C(C)C)C(=O)N2)OC(=O)[C@H](C(C)C)NC1=O. The number of hydrogen-bond acceptors (Lipinski definition) is 8. The first-order valence-electron chi connectivity index (χ1n) is 12.2. The molecule has 0 spiro atoms. The van der Waals surface area contributed by atoms with Crippen molar-refractivity contribution in [1.29, 1.82) is 0 Å². The van der Waals surface area contributed by atoms with E-state index in [1.807, 2.05) is 19.9 Å². The fourth-order valence-electron chi connectivity index (χ4n) is 3.75. The van der Waals surface area contributed by atoms with Crippen LogP contribution in [0.3, 0.4) is 0 Å². The van der Waals surface area contributed by atoms with Gasteiger partial charge in [0.2, 0.25) is 11.8 Å². The van der Waals surface area contributed by atoms with Crippen LogP contribution in [0.5, 0.6) is 0 Å². The molecule has 0 saturated carbocycles. The van der Waals surface area contributed by atoms with Crippen LogP contribution in [0.2, 0.25) is 0 Å². The molecule has 200 valence electrons. The van der Waals surface area contributed by atoms with Crippen LogP contribution in [-0.4, -0.2) is 59.2 Å². The van der Waals surface area contributed by atoms with Crippen molar-refractivity contribution in [3.8, 4) is 0 Å². The van der Waals surface area contributed by atoms with Gasteiger partial charge >= 0.3 is 5.97 Å². The maximum Gasteiger partial charge on any atom is 0.329 e. The van der Waals surface area contributed by atoms with Crippen LogP contribution < -0.4 is 16.0 Å². The van der Waals surface area contributed by atoms with Crippen LogP contribution in [0.4, 0.5) is 0 Å². The molecule has 2 rings (SSSR count). The first kappa shape index (κ1) is 30.0. The summed E-state index contributed by atoms with van der Waals surface area (Å²) in [4.78, 5) is 65.4. The summed E-state index contributed by atoms with van der Waals surface area (Å²) < 4.78 is 5.69. The third kappa shape index (κ3) is 8.99. The van der Waals surface area contributed by atoms with Crippen molar-refractivity contribution in [2.75, 3.05) is 11.5 Å². The van der Waals surface area contributed by atoms with Crippen molar-refractivity contribution in [3.05, 3.63) is 23.9 Å². The monoisotopic (exact) mass is 539 g/mol. The smallest absolute Gasteiger partial charge is 0.329 e. The highest BCUT2D eigenvalue weighted by molar-refractivity contribution is 8.76. The summed E-state index contributed by atoms with van der Waals surface area (Å²) >= 11 is 0. The molecule has 2 heterocycles. The number of fused-ring (bicyclic) bond motifs is 7. The molecule has 0 radical (unpaired) electrons. The molecule has 2 unspecified atom stereocenters. The van der Waals surface area contributed by atoms with E-state index in [2.05, 4.69) is 16.0 Å². The summed E-state index contributed by atoms with van der Waals surface area (Å²) in [7, 11) is 2.98. The number of nitrogens with one attached hydrogen (secondary N) is 3. The number of rotatable bonds is 2. The number of esters is 1. The molecule has 0 aliphatic carbocycles. The lowest BCUT2D eigenvalue weighted by Gasteiger charge is -2.27. The second-order valence-corrected chi connectivity index (χ2v) is 12.2. The van der Waals surface area contributed by atoms with E-state index in [4.69, 9.17) is 4.74 Å². The molecular formula is C25H37N3O6S2. The fraction of sp³-hybridized carbons (Fsp3) is 0.640. The molecule has 11 heteroatoms. The van der Waals surface area contributed by atoms with E-state index in [1.165, 1.54) is 16.9 Å². The molecule has 1 saturated heterocycles. The molecule has 0 aromatic carbocycles. The predicted octanol–water partition coefficient (Wildman–Crippen LogP) is 2.52. The minimum Gasteiger partial charge on any atom is -0.456 e. The third-order valence-electron chi connectivity index (χ3n) is 5.95. The molecule has 0 aromatic rings. The topological polar surface area (TPSA) is 131 Å². The zero-order valence-electron chi connectivity index (χ0n) is 21.5. The van der Waals surface area contributed by atoms with Gasteiger partial charge in [0, 0.05) is 30.3 Å². The highest BCUT2D eigenvalue weighted by Gasteiger charge is 2.33. The number of hydrogen-bond donors (Lipinski definition) is 3. The highest BCUT2D eigenvalue weighted by Crippen LogP contribution is 2.25. The van der Waals surface area contributed by atoms with Gasteiger partial charge in [0.25, 0.3) is 5.91 Å². The van der Waals surface area contributed by atoms with Gasteiger partial charge in [-0.15, -0.1) is 0 Å². The Morgan fingerprint density at radius 3 is 2.33 bits per heavy atom.